The van der Waals surface area contributed by atoms with Crippen LogP contribution in [0.1, 0.15) is 0 Å². The van der Waals surface area contributed by atoms with Crippen molar-refractivity contribution in [3.8, 4) is 27.8 Å². The van der Waals surface area contributed by atoms with Crippen LogP contribution in [0.4, 0.5) is 0 Å². The van der Waals surface area contributed by atoms with Gasteiger partial charge in [-0.2, -0.15) is 0 Å². The molecular formula is C12H13NO3S. The second-order valence-corrected chi connectivity index (χ2v) is 4.14. The van der Waals surface area contributed by atoms with Crippen molar-refractivity contribution in [2.45, 2.75) is 0 Å². The summed E-state index contributed by atoms with van der Waals surface area (Å²) in [7, 11) is 4.84. The molecule has 0 aliphatic rings. The lowest BCUT2D eigenvalue weighted by Crippen LogP contribution is -1.94. The van der Waals surface area contributed by atoms with Gasteiger partial charge in [0.05, 0.1) is 26.9 Å². The molecule has 0 spiro atoms. The number of methoxy groups -OCH3 is 3. The van der Waals surface area contributed by atoms with Gasteiger partial charge < -0.3 is 14.2 Å². The fraction of sp³-hybridized carbons (Fsp3) is 0.250. The van der Waals surface area contributed by atoms with Gasteiger partial charge in [-0.3, -0.25) is 0 Å². The Labute approximate surface area is 104 Å². The highest BCUT2D eigenvalue weighted by atomic mass is 32.1. The molecule has 2 aromatic rings. The lowest BCUT2D eigenvalue weighted by molar-refractivity contribution is 0.377. The highest BCUT2D eigenvalue weighted by Gasteiger charge is 2.16. The minimum atomic E-state index is 0.691. The van der Waals surface area contributed by atoms with E-state index in [1.807, 2.05) is 17.5 Å². The highest BCUT2D eigenvalue weighted by Crippen LogP contribution is 2.42. The average Bonchev–Trinajstić information content (AvgIpc) is 2.90. The van der Waals surface area contributed by atoms with Crippen LogP contribution in [0.15, 0.2) is 23.7 Å². The smallest absolute Gasteiger partial charge is 0.136 e. The molecule has 0 radical (unpaired) electrons. The van der Waals surface area contributed by atoms with Crippen LogP contribution in [-0.4, -0.2) is 26.3 Å². The number of thiazole rings is 1. The summed E-state index contributed by atoms with van der Waals surface area (Å²) in [6, 6.07) is 3.64. The van der Waals surface area contributed by atoms with E-state index in [0.717, 1.165) is 10.6 Å². The summed E-state index contributed by atoms with van der Waals surface area (Å²) in [6.07, 6.45) is 1.75. The summed E-state index contributed by atoms with van der Waals surface area (Å²) < 4.78 is 15.9. The zero-order chi connectivity index (χ0) is 12.3. The first-order chi connectivity index (χ1) is 8.30. The van der Waals surface area contributed by atoms with Crippen molar-refractivity contribution >= 4 is 11.3 Å². The average molecular weight is 251 g/mol. The Hall–Kier alpha value is -1.75. The van der Waals surface area contributed by atoms with Gasteiger partial charge in [0.1, 0.15) is 22.3 Å². The van der Waals surface area contributed by atoms with Gasteiger partial charge in [-0.1, -0.05) is 0 Å². The number of benzene rings is 1. The standard InChI is InChI=1S/C12H13NO3S/c1-14-8-6-9(15-2)11(10(7-8)16-3)12-13-4-5-17-12/h4-7H,1-3H3. The molecule has 0 unspecified atom stereocenters. The molecule has 0 aliphatic carbocycles. The third-order valence-electron chi connectivity index (χ3n) is 2.36. The quantitative estimate of drug-likeness (QED) is 0.837. The van der Waals surface area contributed by atoms with Gasteiger partial charge in [0.25, 0.3) is 0 Å². The van der Waals surface area contributed by atoms with E-state index >= 15 is 0 Å². The van der Waals surface area contributed by atoms with Crippen molar-refractivity contribution < 1.29 is 14.2 Å². The SMILES string of the molecule is COc1cc(OC)c(-c2nccs2)c(OC)c1. The zero-order valence-electron chi connectivity index (χ0n) is 9.89. The second kappa shape index (κ2) is 5.05. The molecule has 4 nitrogen and oxygen atoms in total. The van der Waals surface area contributed by atoms with Crippen LogP contribution in [0.3, 0.4) is 0 Å². The van der Waals surface area contributed by atoms with E-state index in [-0.39, 0.29) is 0 Å². The summed E-state index contributed by atoms with van der Waals surface area (Å²) in [5.41, 5.74) is 0.853. The number of hydrogen-bond donors (Lipinski definition) is 0. The van der Waals surface area contributed by atoms with Gasteiger partial charge in [-0.15, -0.1) is 11.3 Å². The van der Waals surface area contributed by atoms with Crippen molar-refractivity contribution in [1.82, 2.24) is 4.98 Å². The largest absolute Gasteiger partial charge is 0.496 e. The van der Waals surface area contributed by atoms with Crippen LogP contribution in [0.5, 0.6) is 17.2 Å². The minimum absolute atomic E-state index is 0.691. The summed E-state index contributed by atoms with van der Waals surface area (Å²) in [4.78, 5) is 4.28. The molecule has 1 aromatic heterocycles. The highest BCUT2D eigenvalue weighted by molar-refractivity contribution is 7.13. The maximum Gasteiger partial charge on any atom is 0.136 e. The van der Waals surface area contributed by atoms with Crippen LogP contribution < -0.4 is 14.2 Å². The molecule has 0 atom stereocenters. The Morgan fingerprint density at radius 2 is 1.65 bits per heavy atom. The molecule has 1 heterocycles. The number of ether oxygens (including phenoxy) is 3. The van der Waals surface area contributed by atoms with Gasteiger partial charge in [0, 0.05) is 23.7 Å². The first kappa shape index (κ1) is 11.7. The van der Waals surface area contributed by atoms with E-state index in [9.17, 15) is 0 Å². The van der Waals surface area contributed by atoms with Crippen LogP contribution >= 0.6 is 11.3 Å². The lowest BCUT2D eigenvalue weighted by Gasteiger charge is -2.13. The molecule has 1 aromatic carbocycles. The molecule has 0 saturated carbocycles. The van der Waals surface area contributed by atoms with Crippen LogP contribution in [0.25, 0.3) is 10.6 Å². The topological polar surface area (TPSA) is 40.6 Å². The molecule has 0 saturated heterocycles. The molecule has 5 heteroatoms. The van der Waals surface area contributed by atoms with E-state index in [1.165, 1.54) is 11.3 Å². The lowest BCUT2D eigenvalue weighted by atomic mass is 10.1. The normalized spacial score (nSPS) is 10.1. The fourth-order valence-electron chi connectivity index (χ4n) is 1.56. The van der Waals surface area contributed by atoms with E-state index in [0.29, 0.717) is 17.2 Å². The third-order valence-corrected chi connectivity index (χ3v) is 3.15. The summed E-state index contributed by atoms with van der Waals surface area (Å²) in [5, 5.41) is 2.78. The maximum absolute atomic E-state index is 5.36. The molecule has 0 bridgehead atoms. The van der Waals surface area contributed by atoms with Crippen LogP contribution in [0, 0.1) is 0 Å². The van der Waals surface area contributed by atoms with Crippen molar-refractivity contribution in [1.29, 1.82) is 0 Å². The van der Waals surface area contributed by atoms with Gasteiger partial charge in [0.2, 0.25) is 0 Å². The Morgan fingerprint density at radius 1 is 1.00 bits per heavy atom. The van der Waals surface area contributed by atoms with E-state index < -0.39 is 0 Å². The van der Waals surface area contributed by atoms with E-state index in [1.54, 1.807) is 27.5 Å². The molecule has 0 N–H and O–H groups in total. The van der Waals surface area contributed by atoms with Crippen molar-refractivity contribution in [2.75, 3.05) is 21.3 Å². The van der Waals surface area contributed by atoms with Gasteiger partial charge in [-0.25, -0.2) is 4.98 Å². The monoisotopic (exact) mass is 251 g/mol. The van der Waals surface area contributed by atoms with Crippen molar-refractivity contribution in [2.24, 2.45) is 0 Å². The Morgan fingerprint density at radius 3 is 2.06 bits per heavy atom. The molecule has 0 fully saturated rings. The second-order valence-electron chi connectivity index (χ2n) is 3.24. The van der Waals surface area contributed by atoms with Gasteiger partial charge in [0.15, 0.2) is 0 Å². The number of rotatable bonds is 4. The first-order valence-electron chi connectivity index (χ1n) is 5.00. The predicted molar refractivity (Wildman–Crippen MR) is 67.2 cm³/mol. The molecule has 90 valence electrons. The van der Waals surface area contributed by atoms with E-state index in [4.69, 9.17) is 14.2 Å². The molecule has 0 amide bonds. The number of nitrogens with zero attached hydrogens (tertiary/aromatic N) is 1. The minimum Gasteiger partial charge on any atom is -0.496 e. The molecule has 0 aliphatic heterocycles. The Bertz CT molecular complexity index is 471. The van der Waals surface area contributed by atoms with Gasteiger partial charge >= 0.3 is 0 Å². The molecular weight excluding hydrogens is 238 g/mol. The van der Waals surface area contributed by atoms with Crippen LogP contribution in [0.2, 0.25) is 0 Å². The third kappa shape index (κ3) is 2.19. The predicted octanol–water partition coefficient (Wildman–Crippen LogP) is 2.84. The fourth-order valence-corrected chi connectivity index (χ4v) is 2.25. The maximum atomic E-state index is 5.36. The Kier molecular flexibility index (Phi) is 3.49. The van der Waals surface area contributed by atoms with Gasteiger partial charge in [-0.05, 0) is 0 Å². The van der Waals surface area contributed by atoms with Crippen LogP contribution in [-0.2, 0) is 0 Å². The Balaban J connectivity index is 2.63. The first-order valence-corrected chi connectivity index (χ1v) is 5.88. The number of hydrogen-bond acceptors (Lipinski definition) is 5. The molecule has 17 heavy (non-hydrogen) atoms. The van der Waals surface area contributed by atoms with Crippen molar-refractivity contribution in [3.63, 3.8) is 0 Å². The summed E-state index contributed by atoms with van der Waals surface area (Å²) in [6.45, 7) is 0. The zero-order valence-corrected chi connectivity index (χ0v) is 10.7. The number of aromatic nitrogens is 1. The van der Waals surface area contributed by atoms with E-state index in [2.05, 4.69) is 4.98 Å². The summed E-state index contributed by atoms with van der Waals surface area (Å²) >= 11 is 1.54. The molecule has 2 rings (SSSR count). The summed E-state index contributed by atoms with van der Waals surface area (Å²) in [5.74, 6) is 2.08. The van der Waals surface area contributed by atoms with Crippen molar-refractivity contribution in [3.05, 3.63) is 23.7 Å².